The molecule has 0 saturated carbocycles. The number of methoxy groups -OCH3 is 1. The molecule has 1 saturated heterocycles. The van der Waals surface area contributed by atoms with Crippen molar-refractivity contribution in [2.24, 2.45) is 5.16 Å². The number of piperazine rings is 1. The Bertz CT molecular complexity index is 1010. The number of carbonyl (C=O) groups is 1. The minimum Gasteiger partial charge on any atom is -0.496 e. The lowest BCUT2D eigenvalue weighted by molar-refractivity contribution is -0.142. The van der Waals surface area contributed by atoms with Crippen LogP contribution in [-0.2, 0) is 9.63 Å². The predicted octanol–water partition coefficient (Wildman–Crippen LogP) is 2.59. The molecule has 3 rings (SSSR count). The number of benzene rings is 1. The van der Waals surface area contributed by atoms with Gasteiger partial charge in [0.1, 0.15) is 23.8 Å². The van der Waals surface area contributed by atoms with Crippen molar-refractivity contribution in [3.8, 4) is 11.8 Å². The van der Waals surface area contributed by atoms with Gasteiger partial charge in [0, 0.05) is 37.8 Å². The lowest BCUT2D eigenvalue weighted by atomic mass is 9.96. The molecule has 0 N–H and O–H groups in total. The first-order chi connectivity index (χ1) is 15.4. The van der Waals surface area contributed by atoms with E-state index in [9.17, 15) is 10.1 Å². The Morgan fingerprint density at radius 1 is 1.19 bits per heavy atom. The number of nitriles is 1. The quantitative estimate of drug-likeness (QED) is 0.485. The molecule has 2 heterocycles. The Morgan fingerprint density at radius 3 is 2.56 bits per heavy atom. The number of ether oxygens (including phenoxy) is 1. The highest BCUT2D eigenvalue weighted by atomic mass is 16.6. The molecule has 32 heavy (non-hydrogen) atoms. The van der Waals surface area contributed by atoms with E-state index in [0.717, 1.165) is 17.1 Å². The first-order valence-corrected chi connectivity index (χ1v) is 10.5. The molecule has 1 fully saturated rings. The normalized spacial score (nSPS) is 15.3. The fourth-order valence-electron chi connectivity index (χ4n) is 3.53. The van der Waals surface area contributed by atoms with Crippen molar-refractivity contribution in [3.05, 3.63) is 47.9 Å². The highest BCUT2D eigenvalue weighted by Crippen LogP contribution is 2.31. The highest BCUT2D eigenvalue weighted by molar-refractivity contribution is 5.81. The highest BCUT2D eigenvalue weighted by Gasteiger charge is 2.27. The third kappa shape index (κ3) is 5.32. The number of hydrogen-bond donors (Lipinski definition) is 0. The van der Waals surface area contributed by atoms with Crippen molar-refractivity contribution >= 4 is 17.4 Å². The zero-order valence-electron chi connectivity index (χ0n) is 18.9. The van der Waals surface area contributed by atoms with Crippen molar-refractivity contribution in [3.63, 3.8) is 0 Å². The summed E-state index contributed by atoms with van der Waals surface area (Å²) in [7, 11) is 1.58. The van der Waals surface area contributed by atoms with E-state index in [2.05, 4.69) is 26.1 Å². The second-order valence-corrected chi connectivity index (χ2v) is 7.70. The molecule has 0 bridgehead atoms. The van der Waals surface area contributed by atoms with E-state index in [1.807, 2.05) is 44.2 Å². The topological polar surface area (TPSA) is 104 Å². The van der Waals surface area contributed by atoms with Crippen molar-refractivity contribution in [1.29, 1.82) is 5.26 Å². The van der Waals surface area contributed by atoms with Gasteiger partial charge in [-0.2, -0.15) is 5.26 Å². The number of anilines is 1. The van der Waals surface area contributed by atoms with E-state index in [1.54, 1.807) is 18.9 Å². The molecule has 0 spiro atoms. The zero-order chi connectivity index (χ0) is 23.1. The molecule has 1 aromatic heterocycles. The number of oxime groups is 1. The van der Waals surface area contributed by atoms with Gasteiger partial charge in [0.25, 0.3) is 5.91 Å². The summed E-state index contributed by atoms with van der Waals surface area (Å²) in [6.07, 6.45) is 0.850. The SMILES string of the molecule is COc1ccccc1C(C#N)c1cc(N2CCN(C(=O)C(C)ON=C(C)C)CC2)ncn1. The second-order valence-electron chi connectivity index (χ2n) is 7.70. The Morgan fingerprint density at radius 2 is 1.91 bits per heavy atom. The van der Waals surface area contributed by atoms with Crippen LogP contribution in [-0.4, -0.2) is 65.9 Å². The van der Waals surface area contributed by atoms with Crippen LogP contribution in [0, 0.1) is 11.3 Å². The lowest BCUT2D eigenvalue weighted by Crippen LogP contribution is -2.51. The van der Waals surface area contributed by atoms with Gasteiger partial charge in [0.15, 0.2) is 0 Å². The number of carbonyl (C=O) groups excluding carboxylic acids is 1. The summed E-state index contributed by atoms with van der Waals surface area (Å²) in [5.41, 5.74) is 2.13. The molecule has 9 heteroatoms. The summed E-state index contributed by atoms with van der Waals surface area (Å²) >= 11 is 0. The van der Waals surface area contributed by atoms with Gasteiger partial charge in [-0.05, 0) is 26.8 Å². The molecule has 2 aromatic rings. The molecule has 168 valence electrons. The van der Waals surface area contributed by atoms with Crippen molar-refractivity contribution < 1.29 is 14.4 Å². The average Bonchev–Trinajstić information content (AvgIpc) is 2.83. The van der Waals surface area contributed by atoms with Crippen molar-refractivity contribution in [2.45, 2.75) is 32.8 Å². The van der Waals surface area contributed by atoms with Gasteiger partial charge in [-0.15, -0.1) is 0 Å². The van der Waals surface area contributed by atoms with E-state index in [4.69, 9.17) is 9.57 Å². The zero-order valence-corrected chi connectivity index (χ0v) is 18.9. The lowest BCUT2D eigenvalue weighted by Gasteiger charge is -2.36. The van der Waals surface area contributed by atoms with Crippen LogP contribution in [0.1, 0.15) is 37.9 Å². The first-order valence-electron chi connectivity index (χ1n) is 10.5. The van der Waals surface area contributed by atoms with Gasteiger partial charge < -0.3 is 19.4 Å². The van der Waals surface area contributed by atoms with Crippen molar-refractivity contribution in [1.82, 2.24) is 14.9 Å². The molecule has 0 aliphatic carbocycles. The molecule has 1 amide bonds. The molecular weight excluding hydrogens is 408 g/mol. The van der Waals surface area contributed by atoms with Crippen LogP contribution in [0.2, 0.25) is 0 Å². The van der Waals surface area contributed by atoms with E-state index in [-0.39, 0.29) is 5.91 Å². The van der Waals surface area contributed by atoms with E-state index in [1.165, 1.54) is 6.33 Å². The van der Waals surface area contributed by atoms with E-state index >= 15 is 0 Å². The molecule has 1 aliphatic heterocycles. The number of amides is 1. The summed E-state index contributed by atoms with van der Waals surface area (Å²) < 4.78 is 5.42. The predicted molar refractivity (Wildman–Crippen MR) is 121 cm³/mol. The van der Waals surface area contributed by atoms with Gasteiger partial charge in [-0.25, -0.2) is 9.97 Å². The molecular formula is C23H28N6O3. The fraction of sp³-hybridized carbons (Fsp3) is 0.435. The maximum Gasteiger partial charge on any atom is 0.266 e. The smallest absolute Gasteiger partial charge is 0.266 e. The van der Waals surface area contributed by atoms with Crippen LogP contribution in [0.4, 0.5) is 5.82 Å². The first kappa shape index (κ1) is 23.0. The maximum atomic E-state index is 12.6. The Balaban J connectivity index is 1.70. The molecule has 2 atom stereocenters. The average molecular weight is 437 g/mol. The molecule has 2 unspecified atom stereocenters. The van der Waals surface area contributed by atoms with Crippen LogP contribution >= 0.6 is 0 Å². The van der Waals surface area contributed by atoms with Gasteiger partial charge >= 0.3 is 0 Å². The van der Waals surface area contributed by atoms with E-state index in [0.29, 0.717) is 37.6 Å². The van der Waals surface area contributed by atoms with Gasteiger partial charge in [-0.1, -0.05) is 23.4 Å². The molecule has 9 nitrogen and oxygen atoms in total. The number of rotatable bonds is 7. The second kappa shape index (κ2) is 10.6. The summed E-state index contributed by atoms with van der Waals surface area (Å²) in [6, 6.07) is 11.6. The van der Waals surface area contributed by atoms with E-state index < -0.39 is 12.0 Å². The third-order valence-corrected chi connectivity index (χ3v) is 5.21. The van der Waals surface area contributed by atoms with Crippen molar-refractivity contribution in [2.75, 3.05) is 38.2 Å². The van der Waals surface area contributed by atoms with Gasteiger partial charge in [0.05, 0.1) is 24.6 Å². The molecule has 1 aliphatic rings. The van der Waals surface area contributed by atoms with Crippen LogP contribution in [0.5, 0.6) is 5.75 Å². The minimum atomic E-state index is -0.626. The van der Waals surface area contributed by atoms with Crippen LogP contribution in [0.25, 0.3) is 0 Å². The monoisotopic (exact) mass is 436 g/mol. The maximum absolute atomic E-state index is 12.6. The standard InChI is InChI=1S/C23H28N6O3/c1-16(2)27-32-17(3)23(30)29-11-9-28(10-12-29)22-13-20(25-15-26-22)19(14-24)18-7-5-6-8-21(18)31-4/h5-8,13,15,17,19H,9-12H2,1-4H3. The minimum absolute atomic E-state index is 0.0845. The number of aromatic nitrogens is 2. The Labute approximate surface area is 188 Å². The summed E-state index contributed by atoms with van der Waals surface area (Å²) in [5, 5.41) is 13.7. The van der Waals surface area contributed by atoms with Crippen LogP contribution < -0.4 is 9.64 Å². The number of para-hydroxylation sites is 1. The Hall–Kier alpha value is -3.67. The summed E-state index contributed by atoms with van der Waals surface area (Å²) in [4.78, 5) is 30.5. The number of nitrogens with zero attached hydrogens (tertiary/aromatic N) is 6. The Kier molecular flexibility index (Phi) is 7.60. The summed E-state index contributed by atoms with van der Waals surface area (Å²) in [6.45, 7) is 7.68. The van der Waals surface area contributed by atoms with Crippen LogP contribution in [0.3, 0.4) is 0 Å². The summed E-state index contributed by atoms with van der Waals surface area (Å²) in [5.74, 6) is 0.716. The largest absolute Gasteiger partial charge is 0.496 e. The molecule has 0 radical (unpaired) electrons. The number of hydrogen-bond acceptors (Lipinski definition) is 8. The van der Waals surface area contributed by atoms with Gasteiger partial charge in [-0.3, -0.25) is 4.79 Å². The fourth-order valence-corrected chi connectivity index (χ4v) is 3.53. The van der Waals surface area contributed by atoms with Gasteiger partial charge in [0.2, 0.25) is 6.10 Å². The third-order valence-electron chi connectivity index (χ3n) is 5.21. The van der Waals surface area contributed by atoms with Crippen LogP contribution in [0.15, 0.2) is 41.8 Å². The molecule has 1 aromatic carbocycles.